The number of ether oxygens (including phenoxy) is 1. The standard InChI is InChI=1S/C9H9ClO3/c1-4-2-5-6(3-7(4)10)9(12)13-8(5)11/h4,7H,2-3H2,1H3. The number of rotatable bonds is 0. The number of halogens is 1. The fourth-order valence-electron chi connectivity index (χ4n) is 1.71. The lowest BCUT2D eigenvalue weighted by Crippen LogP contribution is -2.20. The molecule has 0 radical (unpaired) electrons. The van der Waals surface area contributed by atoms with Crippen molar-refractivity contribution in [3.63, 3.8) is 0 Å². The third kappa shape index (κ3) is 1.27. The van der Waals surface area contributed by atoms with E-state index in [9.17, 15) is 9.59 Å². The molecule has 0 amide bonds. The molecular formula is C9H9ClO3. The smallest absolute Gasteiger partial charge is 0.342 e. The van der Waals surface area contributed by atoms with Gasteiger partial charge in [-0.15, -0.1) is 11.6 Å². The normalized spacial score (nSPS) is 33.4. The summed E-state index contributed by atoms with van der Waals surface area (Å²) in [7, 11) is 0. The highest BCUT2D eigenvalue weighted by atomic mass is 35.5. The average Bonchev–Trinajstić information content (AvgIpc) is 2.31. The van der Waals surface area contributed by atoms with Crippen LogP contribution in [0.5, 0.6) is 0 Å². The molecule has 0 N–H and O–H groups in total. The highest BCUT2D eigenvalue weighted by Gasteiger charge is 2.39. The lowest BCUT2D eigenvalue weighted by molar-refractivity contribution is -0.151. The minimum atomic E-state index is -0.502. The van der Waals surface area contributed by atoms with Gasteiger partial charge in [0.05, 0.1) is 0 Å². The molecule has 0 aromatic heterocycles. The summed E-state index contributed by atoms with van der Waals surface area (Å²) in [6.07, 6.45) is 1.02. The van der Waals surface area contributed by atoms with E-state index in [2.05, 4.69) is 4.74 Å². The van der Waals surface area contributed by atoms with Gasteiger partial charge in [0, 0.05) is 16.5 Å². The molecule has 2 rings (SSSR count). The highest BCUT2D eigenvalue weighted by Crippen LogP contribution is 2.37. The summed E-state index contributed by atoms with van der Waals surface area (Å²) >= 11 is 5.99. The fourth-order valence-corrected chi connectivity index (χ4v) is 1.96. The summed E-state index contributed by atoms with van der Waals surface area (Å²) in [4.78, 5) is 22.2. The van der Waals surface area contributed by atoms with E-state index in [0.717, 1.165) is 0 Å². The molecule has 0 fully saturated rings. The molecule has 0 saturated carbocycles. The van der Waals surface area contributed by atoms with Crippen molar-refractivity contribution >= 4 is 23.5 Å². The summed E-state index contributed by atoms with van der Waals surface area (Å²) < 4.78 is 4.49. The zero-order chi connectivity index (χ0) is 9.59. The van der Waals surface area contributed by atoms with E-state index in [-0.39, 0.29) is 11.3 Å². The Morgan fingerprint density at radius 1 is 1.23 bits per heavy atom. The maximum absolute atomic E-state index is 11.1. The molecule has 0 bridgehead atoms. The lowest BCUT2D eigenvalue weighted by Gasteiger charge is -2.22. The number of esters is 2. The van der Waals surface area contributed by atoms with Gasteiger partial charge in [-0.05, 0) is 18.8 Å². The number of cyclic esters (lactones) is 2. The van der Waals surface area contributed by atoms with Crippen molar-refractivity contribution in [2.75, 3.05) is 0 Å². The predicted octanol–water partition coefficient (Wildman–Crippen LogP) is 1.40. The second-order valence-electron chi connectivity index (χ2n) is 3.54. The quantitative estimate of drug-likeness (QED) is 0.337. The molecule has 3 nitrogen and oxygen atoms in total. The van der Waals surface area contributed by atoms with E-state index in [1.807, 2.05) is 6.92 Å². The SMILES string of the molecule is CC1CC2=C(CC1Cl)C(=O)OC2=O. The first-order valence-corrected chi connectivity index (χ1v) is 4.66. The Balaban J connectivity index is 2.36. The maximum atomic E-state index is 11.1. The molecule has 4 heteroatoms. The van der Waals surface area contributed by atoms with E-state index in [0.29, 0.717) is 24.0 Å². The number of carbonyl (C=O) groups is 2. The fraction of sp³-hybridized carbons (Fsp3) is 0.556. The molecular weight excluding hydrogens is 192 g/mol. The Hall–Kier alpha value is -0.830. The van der Waals surface area contributed by atoms with Crippen LogP contribution in [0.1, 0.15) is 19.8 Å². The molecule has 70 valence electrons. The maximum Gasteiger partial charge on any atom is 0.342 e. The minimum absolute atomic E-state index is 0.0581. The number of hydrogen-bond acceptors (Lipinski definition) is 3. The van der Waals surface area contributed by atoms with E-state index >= 15 is 0 Å². The molecule has 0 spiro atoms. The molecule has 0 aromatic rings. The lowest BCUT2D eigenvalue weighted by atomic mass is 9.85. The van der Waals surface area contributed by atoms with Crippen LogP contribution in [0.3, 0.4) is 0 Å². The van der Waals surface area contributed by atoms with Gasteiger partial charge in [-0.3, -0.25) is 0 Å². The largest absolute Gasteiger partial charge is 0.386 e. The Labute approximate surface area is 80.7 Å². The van der Waals surface area contributed by atoms with Crippen LogP contribution in [-0.4, -0.2) is 17.3 Å². The summed E-state index contributed by atoms with van der Waals surface area (Å²) in [5.41, 5.74) is 1.03. The number of alkyl halides is 1. The molecule has 2 aliphatic rings. The van der Waals surface area contributed by atoms with E-state index in [1.165, 1.54) is 0 Å². The van der Waals surface area contributed by atoms with E-state index in [4.69, 9.17) is 11.6 Å². The second-order valence-corrected chi connectivity index (χ2v) is 4.10. The monoisotopic (exact) mass is 200 g/mol. The van der Waals surface area contributed by atoms with Gasteiger partial charge in [0.15, 0.2) is 0 Å². The van der Waals surface area contributed by atoms with Gasteiger partial charge in [-0.2, -0.15) is 0 Å². The van der Waals surface area contributed by atoms with Gasteiger partial charge in [0.25, 0.3) is 0 Å². The third-order valence-electron chi connectivity index (χ3n) is 2.59. The Morgan fingerprint density at radius 2 is 1.77 bits per heavy atom. The molecule has 0 aromatic carbocycles. The van der Waals surface area contributed by atoms with Crippen molar-refractivity contribution < 1.29 is 14.3 Å². The van der Waals surface area contributed by atoms with E-state index < -0.39 is 11.9 Å². The van der Waals surface area contributed by atoms with Crippen molar-refractivity contribution in [1.29, 1.82) is 0 Å². The van der Waals surface area contributed by atoms with E-state index in [1.54, 1.807) is 0 Å². The molecule has 0 saturated heterocycles. The van der Waals surface area contributed by atoms with Crippen LogP contribution < -0.4 is 0 Å². The Morgan fingerprint density at radius 3 is 2.38 bits per heavy atom. The van der Waals surface area contributed by atoms with Crippen molar-refractivity contribution in [2.45, 2.75) is 25.1 Å². The molecule has 2 atom stereocenters. The molecule has 1 aliphatic heterocycles. The highest BCUT2D eigenvalue weighted by molar-refractivity contribution is 6.22. The van der Waals surface area contributed by atoms with Gasteiger partial charge in [-0.25, -0.2) is 9.59 Å². The average molecular weight is 201 g/mol. The van der Waals surface area contributed by atoms with Gasteiger partial charge in [-0.1, -0.05) is 6.92 Å². The molecule has 2 unspecified atom stereocenters. The van der Waals surface area contributed by atoms with Crippen molar-refractivity contribution in [3.05, 3.63) is 11.1 Å². The van der Waals surface area contributed by atoms with Crippen LogP contribution in [0.25, 0.3) is 0 Å². The zero-order valence-corrected chi connectivity index (χ0v) is 7.93. The van der Waals surface area contributed by atoms with Crippen molar-refractivity contribution in [2.24, 2.45) is 5.92 Å². The van der Waals surface area contributed by atoms with Crippen LogP contribution in [0.4, 0.5) is 0 Å². The van der Waals surface area contributed by atoms with Gasteiger partial charge in [0.1, 0.15) is 0 Å². The third-order valence-corrected chi connectivity index (χ3v) is 3.17. The molecule has 13 heavy (non-hydrogen) atoms. The molecule has 1 heterocycles. The van der Waals surface area contributed by atoms with Crippen LogP contribution in [0, 0.1) is 5.92 Å². The topological polar surface area (TPSA) is 43.4 Å². The van der Waals surface area contributed by atoms with Crippen molar-refractivity contribution in [3.8, 4) is 0 Å². The van der Waals surface area contributed by atoms with Crippen LogP contribution in [0.2, 0.25) is 0 Å². The first-order chi connectivity index (χ1) is 6.09. The van der Waals surface area contributed by atoms with Gasteiger partial charge >= 0.3 is 11.9 Å². The minimum Gasteiger partial charge on any atom is -0.386 e. The summed E-state index contributed by atoms with van der Waals surface area (Å²) in [6, 6.07) is 0. The summed E-state index contributed by atoms with van der Waals surface area (Å²) in [5, 5.41) is -0.0581. The molecule has 1 aliphatic carbocycles. The predicted molar refractivity (Wildman–Crippen MR) is 46.2 cm³/mol. The van der Waals surface area contributed by atoms with Gasteiger partial charge in [0.2, 0.25) is 0 Å². The van der Waals surface area contributed by atoms with Crippen LogP contribution in [-0.2, 0) is 14.3 Å². The summed E-state index contributed by atoms with van der Waals surface area (Å²) in [6.45, 7) is 1.97. The Kier molecular flexibility index (Phi) is 1.91. The first kappa shape index (κ1) is 8.75. The van der Waals surface area contributed by atoms with Crippen LogP contribution >= 0.6 is 11.6 Å². The number of hydrogen-bond donors (Lipinski definition) is 0. The first-order valence-electron chi connectivity index (χ1n) is 4.22. The van der Waals surface area contributed by atoms with Crippen LogP contribution in [0.15, 0.2) is 11.1 Å². The second kappa shape index (κ2) is 2.84. The van der Waals surface area contributed by atoms with Gasteiger partial charge < -0.3 is 4.74 Å². The Bertz CT molecular complexity index is 289. The number of carbonyl (C=O) groups excluding carboxylic acids is 2. The van der Waals surface area contributed by atoms with Crippen molar-refractivity contribution in [1.82, 2.24) is 0 Å². The zero-order valence-electron chi connectivity index (χ0n) is 7.17. The summed E-state index contributed by atoms with van der Waals surface area (Å²) in [5.74, 6) is -0.744.